The molecule has 0 spiro atoms. The van der Waals surface area contributed by atoms with Crippen LogP contribution in [0.15, 0.2) is 24.3 Å². The van der Waals surface area contributed by atoms with Crippen molar-refractivity contribution in [1.29, 1.82) is 5.26 Å². The fraction of sp³-hybridized carbons (Fsp3) is 0.385. The first kappa shape index (κ1) is 16.1. The van der Waals surface area contributed by atoms with Gasteiger partial charge in [-0.25, -0.2) is 13.1 Å². The molecule has 0 saturated carbocycles. The van der Waals surface area contributed by atoms with Gasteiger partial charge in [0.1, 0.15) is 0 Å². The molecule has 0 aromatic heterocycles. The molecule has 0 radical (unpaired) electrons. The van der Waals surface area contributed by atoms with Crippen LogP contribution in [0.1, 0.15) is 29.8 Å². The van der Waals surface area contributed by atoms with Gasteiger partial charge in [-0.15, -0.1) is 0 Å². The van der Waals surface area contributed by atoms with Crippen molar-refractivity contribution in [2.45, 2.75) is 19.4 Å². The number of hydrogen-bond donors (Lipinski definition) is 2. The molecule has 1 rings (SSSR count). The predicted molar refractivity (Wildman–Crippen MR) is 75.5 cm³/mol. The minimum absolute atomic E-state index is 0.152. The summed E-state index contributed by atoms with van der Waals surface area (Å²) in [7, 11) is -3.34. The molecule has 7 heteroatoms. The Balaban J connectivity index is 2.65. The quantitative estimate of drug-likeness (QED) is 0.831. The van der Waals surface area contributed by atoms with E-state index in [2.05, 4.69) is 10.0 Å². The molecular formula is C13H17N3O3S. The highest BCUT2D eigenvalue weighted by Gasteiger charge is 2.22. The Morgan fingerprint density at radius 2 is 1.85 bits per heavy atom. The molecule has 1 aromatic rings. The Morgan fingerprint density at radius 3 is 2.30 bits per heavy atom. The molecule has 0 aliphatic rings. The van der Waals surface area contributed by atoms with Crippen LogP contribution in [0.5, 0.6) is 0 Å². The second-order valence-electron chi connectivity index (χ2n) is 5.13. The molecule has 6 nitrogen and oxygen atoms in total. The first-order chi connectivity index (χ1) is 9.13. The summed E-state index contributed by atoms with van der Waals surface area (Å²) in [6.45, 7) is 3.50. The van der Waals surface area contributed by atoms with Gasteiger partial charge in [0, 0.05) is 17.6 Å². The fourth-order valence-corrected chi connectivity index (χ4v) is 2.71. The zero-order valence-corrected chi connectivity index (χ0v) is 12.4. The number of carbonyl (C=O) groups excluding carboxylic acids is 1. The van der Waals surface area contributed by atoms with Crippen LogP contribution in [0.25, 0.3) is 0 Å². The maximum Gasteiger partial charge on any atom is 0.251 e. The van der Waals surface area contributed by atoms with Crippen molar-refractivity contribution in [1.82, 2.24) is 10.0 Å². The van der Waals surface area contributed by atoms with Gasteiger partial charge in [0.25, 0.3) is 5.91 Å². The third kappa shape index (κ3) is 5.38. The average Bonchev–Trinajstić information content (AvgIpc) is 2.33. The molecule has 0 saturated heterocycles. The van der Waals surface area contributed by atoms with E-state index in [4.69, 9.17) is 5.26 Å². The van der Waals surface area contributed by atoms with Crippen LogP contribution >= 0.6 is 0 Å². The molecule has 0 fully saturated rings. The van der Waals surface area contributed by atoms with Gasteiger partial charge in [-0.05, 0) is 38.1 Å². The lowest BCUT2D eigenvalue weighted by atomic mass is 10.1. The van der Waals surface area contributed by atoms with E-state index < -0.39 is 15.6 Å². The van der Waals surface area contributed by atoms with Crippen molar-refractivity contribution in [2.24, 2.45) is 0 Å². The Hall–Kier alpha value is -1.91. The van der Waals surface area contributed by atoms with Crippen LogP contribution in [-0.2, 0) is 10.0 Å². The summed E-state index contributed by atoms with van der Waals surface area (Å²) in [6.07, 6.45) is 1.07. The van der Waals surface area contributed by atoms with Crippen LogP contribution in [0, 0.1) is 11.3 Å². The van der Waals surface area contributed by atoms with Gasteiger partial charge in [0.05, 0.1) is 17.9 Å². The molecule has 0 aliphatic carbocycles. The molecule has 0 atom stereocenters. The van der Waals surface area contributed by atoms with E-state index in [1.54, 1.807) is 38.1 Å². The van der Waals surface area contributed by atoms with E-state index in [-0.39, 0.29) is 12.5 Å². The lowest BCUT2D eigenvalue weighted by Gasteiger charge is -2.25. The molecule has 0 heterocycles. The third-order valence-electron chi connectivity index (χ3n) is 2.43. The van der Waals surface area contributed by atoms with Crippen molar-refractivity contribution >= 4 is 15.9 Å². The van der Waals surface area contributed by atoms with Gasteiger partial charge in [0.2, 0.25) is 10.0 Å². The molecule has 2 N–H and O–H groups in total. The molecule has 20 heavy (non-hydrogen) atoms. The van der Waals surface area contributed by atoms with Gasteiger partial charge in [0.15, 0.2) is 0 Å². The highest BCUT2D eigenvalue weighted by atomic mass is 32.2. The number of rotatable bonds is 5. The Labute approximate surface area is 118 Å². The number of amides is 1. The van der Waals surface area contributed by atoms with Crippen molar-refractivity contribution in [3.63, 3.8) is 0 Å². The number of nitrogens with one attached hydrogen (secondary N) is 2. The van der Waals surface area contributed by atoms with Crippen molar-refractivity contribution < 1.29 is 13.2 Å². The minimum Gasteiger partial charge on any atom is -0.350 e. The second kappa shape index (κ2) is 6.03. The van der Waals surface area contributed by atoms with Gasteiger partial charge in [-0.2, -0.15) is 5.26 Å². The largest absolute Gasteiger partial charge is 0.350 e. The summed E-state index contributed by atoms with van der Waals surface area (Å²) in [5, 5.41) is 11.3. The minimum atomic E-state index is -3.34. The number of carbonyl (C=O) groups is 1. The van der Waals surface area contributed by atoms with Gasteiger partial charge < -0.3 is 5.32 Å². The van der Waals surface area contributed by atoms with Crippen molar-refractivity contribution in [2.75, 3.05) is 12.8 Å². The Bertz CT molecular complexity index is 628. The zero-order valence-electron chi connectivity index (χ0n) is 11.6. The summed E-state index contributed by atoms with van der Waals surface area (Å²) >= 11 is 0. The molecule has 1 aromatic carbocycles. The Kier molecular flexibility index (Phi) is 4.87. The number of benzene rings is 1. The number of hydrogen-bond acceptors (Lipinski definition) is 4. The van der Waals surface area contributed by atoms with Crippen LogP contribution in [0.4, 0.5) is 0 Å². The summed E-state index contributed by atoms with van der Waals surface area (Å²) in [6, 6.07) is 8.16. The maximum absolute atomic E-state index is 11.9. The molecule has 1 amide bonds. The number of nitriles is 1. The van der Waals surface area contributed by atoms with E-state index in [0.29, 0.717) is 11.1 Å². The third-order valence-corrected chi connectivity index (χ3v) is 3.35. The number of nitrogens with zero attached hydrogens (tertiary/aromatic N) is 1. The number of sulfonamides is 1. The highest BCUT2D eigenvalue weighted by molar-refractivity contribution is 7.88. The van der Waals surface area contributed by atoms with E-state index in [1.807, 2.05) is 6.07 Å². The van der Waals surface area contributed by atoms with Crippen LogP contribution in [0.2, 0.25) is 0 Å². The van der Waals surface area contributed by atoms with E-state index in [0.717, 1.165) is 6.26 Å². The highest BCUT2D eigenvalue weighted by Crippen LogP contribution is 2.05. The average molecular weight is 295 g/mol. The standard InChI is InChI=1S/C13H17N3O3S/c1-13(2,16-20(3,18)19)9-15-12(17)11-6-4-10(8-14)5-7-11/h4-7,16H,9H2,1-3H3,(H,15,17). The van der Waals surface area contributed by atoms with Crippen molar-refractivity contribution in [3.8, 4) is 6.07 Å². The normalized spacial score (nSPS) is 11.7. The molecule has 108 valence electrons. The van der Waals surface area contributed by atoms with Gasteiger partial charge >= 0.3 is 0 Å². The molecule has 0 aliphatic heterocycles. The summed E-state index contributed by atoms with van der Waals surface area (Å²) < 4.78 is 24.8. The van der Waals surface area contributed by atoms with E-state index in [9.17, 15) is 13.2 Å². The zero-order chi connectivity index (χ0) is 15.4. The smallest absolute Gasteiger partial charge is 0.251 e. The monoisotopic (exact) mass is 295 g/mol. The van der Waals surface area contributed by atoms with Crippen molar-refractivity contribution in [3.05, 3.63) is 35.4 Å². The van der Waals surface area contributed by atoms with Crippen LogP contribution in [-0.4, -0.2) is 32.7 Å². The SMILES string of the molecule is CC(C)(CNC(=O)c1ccc(C#N)cc1)NS(C)(=O)=O. The first-order valence-corrected chi connectivity index (χ1v) is 7.79. The molecule has 0 unspecified atom stereocenters. The summed E-state index contributed by atoms with van der Waals surface area (Å²) in [5.41, 5.74) is 0.107. The van der Waals surface area contributed by atoms with Gasteiger partial charge in [-0.3, -0.25) is 4.79 Å². The summed E-state index contributed by atoms with van der Waals surface area (Å²) in [4.78, 5) is 11.9. The Morgan fingerprint density at radius 1 is 1.30 bits per heavy atom. The predicted octanol–water partition coefficient (Wildman–Crippen LogP) is 0.616. The lowest BCUT2D eigenvalue weighted by Crippen LogP contribution is -2.51. The van der Waals surface area contributed by atoms with Crippen LogP contribution < -0.4 is 10.0 Å². The topological polar surface area (TPSA) is 99.1 Å². The maximum atomic E-state index is 11.9. The lowest BCUT2D eigenvalue weighted by molar-refractivity contribution is 0.0944. The van der Waals surface area contributed by atoms with E-state index >= 15 is 0 Å². The summed E-state index contributed by atoms with van der Waals surface area (Å²) in [5.74, 6) is -0.321. The first-order valence-electron chi connectivity index (χ1n) is 5.90. The second-order valence-corrected chi connectivity index (χ2v) is 6.88. The molecular weight excluding hydrogens is 278 g/mol. The van der Waals surface area contributed by atoms with Crippen LogP contribution in [0.3, 0.4) is 0 Å². The molecule has 0 bridgehead atoms. The van der Waals surface area contributed by atoms with Gasteiger partial charge in [-0.1, -0.05) is 0 Å². The van der Waals surface area contributed by atoms with E-state index in [1.165, 1.54) is 0 Å². The fourth-order valence-electron chi connectivity index (χ4n) is 1.64.